The highest BCUT2D eigenvalue weighted by atomic mass is 16.5. The molecule has 2 unspecified atom stereocenters. The number of nitrogens with zero attached hydrogens (tertiary/aromatic N) is 6. The lowest BCUT2D eigenvalue weighted by Gasteiger charge is -2.38. The molecule has 0 aromatic carbocycles. The van der Waals surface area contributed by atoms with E-state index >= 15 is 0 Å². The highest BCUT2D eigenvalue weighted by Crippen LogP contribution is 2.21. The van der Waals surface area contributed by atoms with Gasteiger partial charge in [-0.25, -0.2) is 4.68 Å². The van der Waals surface area contributed by atoms with Crippen molar-refractivity contribution in [3.05, 3.63) is 18.5 Å². The van der Waals surface area contributed by atoms with E-state index in [4.69, 9.17) is 10.5 Å². The molecule has 1 aliphatic heterocycles. The van der Waals surface area contributed by atoms with Gasteiger partial charge in [0.25, 0.3) is 5.95 Å². The van der Waals surface area contributed by atoms with Gasteiger partial charge >= 0.3 is 0 Å². The Morgan fingerprint density at radius 1 is 1.33 bits per heavy atom. The largest absolute Gasteiger partial charge is 0.375 e. The van der Waals surface area contributed by atoms with Gasteiger partial charge in [-0.2, -0.15) is 20.1 Å². The topological polar surface area (TPSA) is 95.0 Å². The van der Waals surface area contributed by atoms with Crippen LogP contribution in [0.15, 0.2) is 18.5 Å². The molecule has 2 atom stereocenters. The Labute approximate surface area is 123 Å². The first-order valence-electron chi connectivity index (χ1n) is 7.07. The molecule has 0 spiro atoms. The number of nitrogen functional groups attached to an aromatic ring is 1. The van der Waals surface area contributed by atoms with E-state index in [1.807, 2.05) is 13.0 Å². The standard InChI is InChI=1S/C13H19N7O/c1-3-10-8-21-9(2)7-19(10)12-16-11(14)17-13(18-12)20-6-4-5-15-20/h4-6,9-10H,3,7-8H2,1-2H3,(H2,14,16,17,18). The first-order chi connectivity index (χ1) is 10.2. The second kappa shape index (κ2) is 5.65. The van der Waals surface area contributed by atoms with E-state index in [0.717, 1.165) is 13.0 Å². The summed E-state index contributed by atoms with van der Waals surface area (Å²) in [7, 11) is 0. The van der Waals surface area contributed by atoms with Crippen LogP contribution < -0.4 is 10.6 Å². The van der Waals surface area contributed by atoms with Crippen molar-refractivity contribution in [1.29, 1.82) is 0 Å². The lowest BCUT2D eigenvalue weighted by molar-refractivity contribution is 0.0292. The lowest BCUT2D eigenvalue weighted by atomic mass is 10.1. The number of rotatable bonds is 3. The van der Waals surface area contributed by atoms with Gasteiger partial charge in [0.2, 0.25) is 11.9 Å². The van der Waals surface area contributed by atoms with Gasteiger partial charge in [-0.05, 0) is 19.4 Å². The molecule has 8 heteroatoms. The maximum absolute atomic E-state index is 5.83. The van der Waals surface area contributed by atoms with Crippen LogP contribution in [0.4, 0.5) is 11.9 Å². The molecule has 1 aliphatic rings. The third-order valence-corrected chi connectivity index (χ3v) is 3.53. The van der Waals surface area contributed by atoms with Gasteiger partial charge in [-0.3, -0.25) is 0 Å². The molecular weight excluding hydrogens is 270 g/mol. The number of anilines is 2. The van der Waals surface area contributed by atoms with Crippen LogP contribution in [0.3, 0.4) is 0 Å². The van der Waals surface area contributed by atoms with Crippen LogP contribution in [0.5, 0.6) is 0 Å². The summed E-state index contributed by atoms with van der Waals surface area (Å²) in [4.78, 5) is 15.1. The van der Waals surface area contributed by atoms with E-state index in [-0.39, 0.29) is 18.1 Å². The van der Waals surface area contributed by atoms with Gasteiger partial charge in [-0.1, -0.05) is 6.92 Å². The summed E-state index contributed by atoms with van der Waals surface area (Å²) in [5.74, 6) is 1.20. The monoisotopic (exact) mass is 289 g/mol. The van der Waals surface area contributed by atoms with Crippen molar-refractivity contribution >= 4 is 11.9 Å². The Kier molecular flexibility index (Phi) is 3.70. The van der Waals surface area contributed by atoms with E-state index in [1.165, 1.54) is 0 Å². The first kappa shape index (κ1) is 13.7. The van der Waals surface area contributed by atoms with Crippen molar-refractivity contribution in [2.75, 3.05) is 23.8 Å². The van der Waals surface area contributed by atoms with Crippen LogP contribution >= 0.6 is 0 Å². The molecule has 0 amide bonds. The fraction of sp³-hybridized carbons (Fsp3) is 0.538. The lowest BCUT2D eigenvalue weighted by Crippen LogP contribution is -2.49. The molecule has 8 nitrogen and oxygen atoms in total. The number of morpholine rings is 1. The Morgan fingerprint density at radius 3 is 2.86 bits per heavy atom. The molecule has 1 saturated heterocycles. The van der Waals surface area contributed by atoms with Gasteiger partial charge in [0.1, 0.15) is 0 Å². The third-order valence-electron chi connectivity index (χ3n) is 3.53. The molecule has 112 valence electrons. The van der Waals surface area contributed by atoms with Crippen molar-refractivity contribution in [3.8, 4) is 5.95 Å². The minimum Gasteiger partial charge on any atom is -0.375 e. The van der Waals surface area contributed by atoms with Crippen molar-refractivity contribution in [1.82, 2.24) is 24.7 Å². The van der Waals surface area contributed by atoms with Gasteiger partial charge in [0.15, 0.2) is 0 Å². The van der Waals surface area contributed by atoms with Gasteiger partial charge in [0.05, 0.1) is 18.8 Å². The highest BCUT2D eigenvalue weighted by molar-refractivity contribution is 5.39. The predicted molar refractivity (Wildman–Crippen MR) is 78.2 cm³/mol. The van der Waals surface area contributed by atoms with Crippen LogP contribution in [0.2, 0.25) is 0 Å². The Morgan fingerprint density at radius 2 is 2.14 bits per heavy atom. The Hall–Kier alpha value is -2.22. The summed E-state index contributed by atoms with van der Waals surface area (Å²) in [5, 5.41) is 4.13. The molecule has 1 fully saturated rings. The Bertz CT molecular complexity index is 601. The van der Waals surface area contributed by atoms with Gasteiger partial charge in [-0.15, -0.1) is 0 Å². The minimum absolute atomic E-state index is 0.138. The molecule has 21 heavy (non-hydrogen) atoms. The van der Waals surface area contributed by atoms with Crippen molar-refractivity contribution in [2.24, 2.45) is 0 Å². The smallest absolute Gasteiger partial charge is 0.257 e. The van der Waals surface area contributed by atoms with Crippen LogP contribution in [0, 0.1) is 0 Å². The molecule has 0 saturated carbocycles. The van der Waals surface area contributed by atoms with E-state index in [1.54, 1.807) is 17.1 Å². The summed E-state index contributed by atoms with van der Waals surface area (Å²) >= 11 is 0. The molecule has 3 rings (SSSR count). The minimum atomic E-state index is 0.138. The average Bonchev–Trinajstić information content (AvgIpc) is 3.01. The molecular formula is C13H19N7O. The summed E-state index contributed by atoms with van der Waals surface area (Å²) in [6.07, 6.45) is 4.54. The van der Waals surface area contributed by atoms with E-state index < -0.39 is 0 Å². The number of aromatic nitrogens is 5. The van der Waals surface area contributed by atoms with Gasteiger partial charge in [0, 0.05) is 18.9 Å². The zero-order valence-electron chi connectivity index (χ0n) is 12.2. The summed E-state index contributed by atoms with van der Waals surface area (Å²) < 4.78 is 7.28. The molecule has 0 aliphatic carbocycles. The SMILES string of the molecule is CCC1COC(C)CN1c1nc(N)nc(-n2cccn2)n1. The number of ether oxygens (including phenoxy) is 1. The van der Waals surface area contributed by atoms with Crippen molar-refractivity contribution < 1.29 is 4.74 Å². The fourth-order valence-corrected chi connectivity index (χ4v) is 2.41. The second-order valence-electron chi connectivity index (χ2n) is 5.10. The molecule has 0 radical (unpaired) electrons. The molecule has 2 N–H and O–H groups in total. The van der Waals surface area contributed by atoms with Crippen LogP contribution in [-0.4, -0.2) is 50.0 Å². The summed E-state index contributed by atoms with van der Waals surface area (Å²) in [6, 6.07) is 2.05. The average molecular weight is 289 g/mol. The maximum Gasteiger partial charge on any atom is 0.257 e. The molecule has 3 heterocycles. The van der Waals surface area contributed by atoms with Crippen LogP contribution in [0.1, 0.15) is 20.3 Å². The number of nitrogens with two attached hydrogens (primary N) is 1. The molecule has 0 bridgehead atoms. The zero-order chi connectivity index (χ0) is 14.8. The highest BCUT2D eigenvalue weighted by Gasteiger charge is 2.28. The van der Waals surface area contributed by atoms with Crippen molar-refractivity contribution in [3.63, 3.8) is 0 Å². The van der Waals surface area contributed by atoms with Crippen molar-refractivity contribution in [2.45, 2.75) is 32.4 Å². The van der Waals surface area contributed by atoms with Crippen LogP contribution in [-0.2, 0) is 4.74 Å². The zero-order valence-corrected chi connectivity index (χ0v) is 12.2. The third kappa shape index (κ3) is 2.80. The van der Waals surface area contributed by atoms with E-state index in [0.29, 0.717) is 18.5 Å². The van der Waals surface area contributed by atoms with Gasteiger partial charge < -0.3 is 15.4 Å². The first-order valence-corrected chi connectivity index (χ1v) is 7.07. The Balaban J connectivity index is 1.97. The quantitative estimate of drug-likeness (QED) is 0.886. The summed E-state index contributed by atoms with van der Waals surface area (Å²) in [6.45, 7) is 5.56. The fourth-order valence-electron chi connectivity index (χ4n) is 2.41. The number of hydrogen-bond acceptors (Lipinski definition) is 7. The maximum atomic E-state index is 5.83. The predicted octanol–water partition coefficient (Wildman–Crippen LogP) is 0.643. The number of hydrogen-bond donors (Lipinski definition) is 1. The van der Waals surface area contributed by atoms with E-state index in [9.17, 15) is 0 Å². The normalized spacial score (nSPS) is 22.5. The van der Waals surface area contributed by atoms with Crippen LogP contribution in [0.25, 0.3) is 5.95 Å². The second-order valence-corrected chi connectivity index (χ2v) is 5.10. The molecule has 2 aromatic heterocycles. The molecule has 2 aromatic rings. The summed E-state index contributed by atoms with van der Waals surface area (Å²) in [5.41, 5.74) is 5.83. The van der Waals surface area contributed by atoms with E-state index in [2.05, 4.69) is 31.9 Å².